The van der Waals surface area contributed by atoms with E-state index in [-0.39, 0.29) is 17.9 Å². The first-order chi connectivity index (χ1) is 9.60. The van der Waals surface area contributed by atoms with Gasteiger partial charge in [-0.3, -0.25) is 4.79 Å². The van der Waals surface area contributed by atoms with E-state index < -0.39 is 0 Å². The first-order valence-electron chi connectivity index (χ1n) is 7.41. The van der Waals surface area contributed by atoms with Gasteiger partial charge in [0, 0.05) is 35.8 Å². The van der Waals surface area contributed by atoms with E-state index in [1.807, 2.05) is 18.2 Å². The monoisotopic (exact) mass is 294 g/mol. The lowest BCUT2D eigenvalue weighted by molar-refractivity contribution is -0.126. The molecule has 0 radical (unpaired) electrons. The summed E-state index contributed by atoms with van der Waals surface area (Å²) in [5, 5.41) is 3.85. The van der Waals surface area contributed by atoms with Gasteiger partial charge in [-0.2, -0.15) is 0 Å². The van der Waals surface area contributed by atoms with Crippen LogP contribution in [0.1, 0.15) is 33.1 Å². The molecule has 1 N–H and O–H groups in total. The molecule has 1 saturated heterocycles. The molecule has 20 heavy (non-hydrogen) atoms. The minimum atomic E-state index is 0.152. The number of piperidine rings is 1. The number of amides is 1. The summed E-state index contributed by atoms with van der Waals surface area (Å²) in [6.45, 7) is 5.98. The molecule has 0 aromatic heterocycles. The number of hydrogen-bond donors (Lipinski definition) is 1. The Morgan fingerprint density at radius 1 is 1.45 bits per heavy atom. The normalized spacial score (nSPS) is 17.9. The predicted octanol–water partition coefficient (Wildman–Crippen LogP) is 3.47. The molecule has 1 amide bonds. The van der Waals surface area contributed by atoms with Gasteiger partial charge in [-0.1, -0.05) is 24.6 Å². The van der Waals surface area contributed by atoms with E-state index in [4.69, 9.17) is 11.6 Å². The van der Waals surface area contributed by atoms with E-state index >= 15 is 0 Å². The minimum absolute atomic E-state index is 0.152. The average Bonchev–Trinajstić information content (AvgIpc) is 2.47. The topological polar surface area (TPSA) is 32.3 Å². The highest BCUT2D eigenvalue weighted by Gasteiger charge is 2.25. The molecule has 1 aliphatic heterocycles. The molecule has 1 aliphatic rings. The molecule has 0 bridgehead atoms. The fourth-order valence-electron chi connectivity index (χ4n) is 2.54. The van der Waals surface area contributed by atoms with Crippen LogP contribution in [-0.4, -0.2) is 25.0 Å². The van der Waals surface area contributed by atoms with Crippen LogP contribution >= 0.6 is 11.6 Å². The van der Waals surface area contributed by atoms with E-state index in [9.17, 15) is 4.79 Å². The molecule has 1 fully saturated rings. The molecule has 1 aromatic carbocycles. The van der Waals surface area contributed by atoms with Crippen molar-refractivity contribution in [3.8, 4) is 0 Å². The Balaban J connectivity index is 1.87. The quantitative estimate of drug-likeness (QED) is 0.922. The summed E-state index contributed by atoms with van der Waals surface area (Å²) in [4.78, 5) is 14.4. The zero-order valence-electron chi connectivity index (χ0n) is 12.2. The lowest BCUT2D eigenvalue weighted by Crippen LogP contribution is -2.43. The second-order valence-electron chi connectivity index (χ2n) is 5.56. The summed E-state index contributed by atoms with van der Waals surface area (Å²) in [6.07, 6.45) is 2.80. The summed E-state index contributed by atoms with van der Waals surface area (Å²) < 4.78 is 0. The van der Waals surface area contributed by atoms with Crippen LogP contribution in [-0.2, 0) is 4.79 Å². The largest absolute Gasteiger partial charge is 0.371 e. The van der Waals surface area contributed by atoms with Crippen molar-refractivity contribution in [1.82, 2.24) is 5.32 Å². The number of nitrogens with zero attached hydrogens (tertiary/aromatic N) is 1. The summed E-state index contributed by atoms with van der Waals surface area (Å²) in [5.41, 5.74) is 1.15. The standard InChI is InChI=1S/C16H23ClN2O/c1-3-12(2)18-16(20)13-7-9-19(10-8-13)15-6-4-5-14(17)11-15/h4-6,11-13H,3,7-10H2,1-2H3,(H,18,20). The highest BCUT2D eigenvalue weighted by Crippen LogP contribution is 2.25. The summed E-state index contributed by atoms with van der Waals surface area (Å²) in [6, 6.07) is 8.19. The summed E-state index contributed by atoms with van der Waals surface area (Å²) in [5.74, 6) is 0.365. The number of benzene rings is 1. The molecule has 110 valence electrons. The molecule has 0 spiro atoms. The first-order valence-corrected chi connectivity index (χ1v) is 7.79. The minimum Gasteiger partial charge on any atom is -0.371 e. The molecular formula is C16H23ClN2O. The molecule has 3 nitrogen and oxygen atoms in total. The van der Waals surface area contributed by atoms with Crippen molar-refractivity contribution >= 4 is 23.2 Å². The van der Waals surface area contributed by atoms with Crippen molar-refractivity contribution in [2.24, 2.45) is 5.92 Å². The van der Waals surface area contributed by atoms with Gasteiger partial charge in [-0.25, -0.2) is 0 Å². The lowest BCUT2D eigenvalue weighted by Gasteiger charge is -2.33. The van der Waals surface area contributed by atoms with Gasteiger partial charge >= 0.3 is 0 Å². The van der Waals surface area contributed by atoms with Gasteiger partial charge in [0.05, 0.1) is 0 Å². The van der Waals surface area contributed by atoms with Crippen LogP contribution in [0, 0.1) is 5.92 Å². The predicted molar refractivity (Wildman–Crippen MR) is 84.3 cm³/mol. The fourth-order valence-corrected chi connectivity index (χ4v) is 2.72. The SMILES string of the molecule is CCC(C)NC(=O)C1CCN(c2cccc(Cl)c2)CC1. The van der Waals surface area contributed by atoms with E-state index in [0.29, 0.717) is 0 Å². The number of hydrogen-bond acceptors (Lipinski definition) is 2. The van der Waals surface area contributed by atoms with E-state index in [0.717, 1.165) is 43.1 Å². The number of anilines is 1. The third-order valence-electron chi connectivity index (χ3n) is 4.04. The molecule has 0 saturated carbocycles. The second-order valence-corrected chi connectivity index (χ2v) is 6.00. The summed E-state index contributed by atoms with van der Waals surface area (Å²) in [7, 11) is 0. The molecule has 1 atom stereocenters. The maximum absolute atomic E-state index is 12.1. The Hall–Kier alpha value is -1.22. The maximum Gasteiger partial charge on any atom is 0.223 e. The van der Waals surface area contributed by atoms with E-state index in [2.05, 4.69) is 30.1 Å². The van der Waals surface area contributed by atoms with Gasteiger partial charge in [-0.15, -0.1) is 0 Å². The molecule has 4 heteroatoms. The lowest BCUT2D eigenvalue weighted by atomic mass is 9.95. The van der Waals surface area contributed by atoms with Gasteiger partial charge in [0.2, 0.25) is 5.91 Å². The highest BCUT2D eigenvalue weighted by atomic mass is 35.5. The van der Waals surface area contributed by atoms with E-state index in [1.54, 1.807) is 0 Å². The van der Waals surface area contributed by atoms with Crippen molar-refractivity contribution in [2.45, 2.75) is 39.2 Å². The van der Waals surface area contributed by atoms with Crippen LogP contribution in [0.5, 0.6) is 0 Å². The van der Waals surface area contributed by atoms with Crippen molar-refractivity contribution in [2.75, 3.05) is 18.0 Å². The molecule has 0 aliphatic carbocycles. The molecular weight excluding hydrogens is 272 g/mol. The average molecular weight is 295 g/mol. The second kappa shape index (κ2) is 6.98. The van der Waals surface area contributed by atoms with Crippen LogP contribution in [0.15, 0.2) is 24.3 Å². The van der Waals surface area contributed by atoms with Gasteiger partial charge in [0.25, 0.3) is 0 Å². The first kappa shape index (κ1) is 15.2. The van der Waals surface area contributed by atoms with E-state index in [1.165, 1.54) is 0 Å². The van der Waals surface area contributed by atoms with Crippen LogP contribution in [0.4, 0.5) is 5.69 Å². The zero-order valence-corrected chi connectivity index (χ0v) is 13.0. The van der Waals surface area contributed by atoms with Crippen LogP contribution in [0.2, 0.25) is 5.02 Å². The van der Waals surface area contributed by atoms with Crippen LogP contribution < -0.4 is 10.2 Å². The third kappa shape index (κ3) is 3.89. The number of nitrogens with one attached hydrogen (secondary N) is 1. The van der Waals surface area contributed by atoms with Crippen LogP contribution in [0.3, 0.4) is 0 Å². The maximum atomic E-state index is 12.1. The van der Waals surface area contributed by atoms with Crippen LogP contribution in [0.25, 0.3) is 0 Å². The van der Waals surface area contributed by atoms with Crippen molar-refractivity contribution < 1.29 is 4.79 Å². The smallest absolute Gasteiger partial charge is 0.223 e. The number of carbonyl (C=O) groups excluding carboxylic acids is 1. The van der Waals surface area contributed by atoms with Crippen molar-refractivity contribution in [1.29, 1.82) is 0 Å². The number of rotatable bonds is 4. The van der Waals surface area contributed by atoms with Gasteiger partial charge in [-0.05, 0) is 44.4 Å². The van der Waals surface area contributed by atoms with Gasteiger partial charge in [0.15, 0.2) is 0 Å². The van der Waals surface area contributed by atoms with Gasteiger partial charge < -0.3 is 10.2 Å². The van der Waals surface area contributed by atoms with Gasteiger partial charge in [0.1, 0.15) is 0 Å². The highest BCUT2D eigenvalue weighted by molar-refractivity contribution is 6.30. The Morgan fingerprint density at radius 2 is 2.15 bits per heavy atom. The fraction of sp³-hybridized carbons (Fsp3) is 0.562. The van der Waals surface area contributed by atoms with Crippen molar-refractivity contribution in [3.63, 3.8) is 0 Å². The molecule has 1 aromatic rings. The number of carbonyl (C=O) groups is 1. The van der Waals surface area contributed by atoms with Crippen molar-refractivity contribution in [3.05, 3.63) is 29.3 Å². The molecule has 1 heterocycles. The summed E-state index contributed by atoms with van der Waals surface area (Å²) >= 11 is 6.03. The Morgan fingerprint density at radius 3 is 2.75 bits per heavy atom. The molecule has 1 unspecified atom stereocenters. The Kier molecular flexibility index (Phi) is 5.30. The number of halogens is 1. The third-order valence-corrected chi connectivity index (χ3v) is 4.28. The zero-order chi connectivity index (χ0) is 14.5. The Bertz CT molecular complexity index is 456. The Labute approximate surface area is 126 Å². The molecule has 2 rings (SSSR count).